The van der Waals surface area contributed by atoms with Crippen LogP contribution in [0.15, 0.2) is 34.7 Å². The summed E-state index contributed by atoms with van der Waals surface area (Å²) < 4.78 is 5.93. The van der Waals surface area contributed by atoms with Crippen LogP contribution in [-0.2, 0) is 0 Å². The normalized spacial score (nSPS) is 26.1. The standard InChI is InChI=1S/C14H17NO/c1-10-8-12(6-7-15-10)14-9-11-4-2-3-5-13(11)16-14/h2-5,9-10,12,15H,6-8H2,1H3/t10-,12-/m1/s1. The van der Waals surface area contributed by atoms with Gasteiger partial charge in [-0.3, -0.25) is 0 Å². The molecule has 2 heteroatoms. The van der Waals surface area contributed by atoms with Crippen molar-refractivity contribution in [2.75, 3.05) is 6.54 Å². The number of furan rings is 1. The molecule has 0 unspecified atom stereocenters. The molecule has 2 atom stereocenters. The molecule has 0 radical (unpaired) electrons. The van der Waals surface area contributed by atoms with E-state index >= 15 is 0 Å². The van der Waals surface area contributed by atoms with Crippen LogP contribution >= 0.6 is 0 Å². The smallest absolute Gasteiger partial charge is 0.134 e. The van der Waals surface area contributed by atoms with Crippen LogP contribution in [0.4, 0.5) is 0 Å². The lowest BCUT2D eigenvalue weighted by molar-refractivity contribution is 0.344. The highest BCUT2D eigenvalue weighted by molar-refractivity contribution is 5.77. The fourth-order valence-corrected chi connectivity index (χ4v) is 2.59. The van der Waals surface area contributed by atoms with E-state index in [9.17, 15) is 0 Å². The predicted octanol–water partition coefficient (Wildman–Crippen LogP) is 3.29. The van der Waals surface area contributed by atoms with Crippen LogP contribution < -0.4 is 5.32 Å². The van der Waals surface area contributed by atoms with E-state index in [4.69, 9.17) is 4.42 Å². The van der Waals surface area contributed by atoms with Gasteiger partial charge in [0.2, 0.25) is 0 Å². The van der Waals surface area contributed by atoms with Crippen molar-refractivity contribution < 1.29 is 4.42 Å². The molecule has 0 saturated carbocycles. The lowest BCUT2D eigenvalue weighted by Crippen LogP contribution is -2.34. The lowest BCUT2D eigenvalue weighted by Gasteiger charge is -2.26. The highest BCUT2D eigenvalue weighted by Gasteiger charge is 2.22. The Balaban J connectivity index is 1.93. The van der Waals surface area contributed by atoms with Crippen LogP contribution in [0.3, 0.4) is 0 Å². The monoisotopic (exact) mass is 215 g/mol. The van der Waals surface area contributed by atoms with Crippen LogP contribution in [0.5, 0.6) is 0 Å². The van der Waals surface area contributed by atoms with Gasteiger partial charge in [-0.25, -0.2) is 0 Å². The lowest BCUT2D eigenvalue weighted by atomic mass is 9.91. The Morgan fingerprint density at radius 3 is 3.00 bits per heavy atom. The first-order valence-electron chi connectivity index (χ1n) is 6.05. The molecule has 1 aliphatic heterocycles. The van der Waals surface area contributed by atoms with Gasteiger partial charge in [0.25, 0.3) is 0 Å². The van der Waals surface area contributed by atoms with E-state index in [2.05, 4.69) is 30.4 Å². The fraction of sp³-hybridized carbons (Fsp3) is 0.429. The van der Waals surface area contributed by atoms with Crippen LogP contribution in [-0.4, -0.2) is 12.6 Å². The molecule has 1 aliphatic rings. The summed E-state index contributed by atoms with van der Waals surface area (Å²) in [6, 6.07) is 11.1. The van der Waals surface area contributed by atoms with Crippen molar-refractivity contribution in [1.82, 2.24) is 5.32 Å². The van der Waals surface area contributed by atoms with Gasteiger partial charge in [-0.1, -0.05) is 18.2 Å². The minimum absolute atomic E-state index is 0.587. The van der Waals surface area contributed by atoms with Gasteiger partial charge in [0.05, 0.1) is 0 Å². The Morgan fingerprint density at radius 2 is 2.19 bits per heavy atom. The Hall–Kier alpha value is -1.28. The number of para-hydroxylation sites is 1. The van der Waals surface area contributed by atoms with Crippen LogP contribution in [0.1, 0.15) is 31.4 Å². The summed E-state index contributed by atoms with van der Waals surface area (Å²) in [5.74, 6) is 1.75. The summed E-state index contributed by atoms with van der Waals surface area (Å²) in [6.45, 7) is 3.34. The van der Waals surface area contributed by atoms with Gasteiger partial charge < -0.3 is 9.73 Å². The number of nitrogens with one attached hydrogen (secondary N) is 1. The second-order valence-corrected chi connectivity index (χ2v) is 4.76. The summed E-state index contributed by atoms with van der Waals surface area (Å²) in [5, 5.41) is 4.70. The zero-order valence-corrected chi connectivity index (χ0v) is 9.57. The van der Waals surface area contributed by atoms with Crippen molar-refractivity contribution >= 4 is 11.0 Å². The van der Waals surface area contributed by atoms with E-state index in [0.717, 1.165) is 17.9 Å². The van der Waals surface area contributed by atoms with Gasteiger partial charge in [0, 0.05) is 17.3 Å². The zero-order valence-electron chi connectivity index (χ0n) is 9.57. The van der Waals surface area contributed by atoms with Crippen molar-refractivity contribution in [2.45, 2.75) is 31.7 Å². The van der Waals surface area contributed by atoms with Gasteiger partial charge in [0.15, 0.2) is 0 Å². The molecule has 84 valence electrons. The molecule has 1 aromatic heterocycles. The third kappa shape index (κ3) is 1.74. The molecule has 16 heavy (non-hydrogen) atoms. The quantitative estimate of drug-likeness (QED) is 0.789. The zero-order chi connectivity index (χ0) is 11.0. The number of hydrogen-bond donors (Lipinski definition) is 1. The van der Waals surface area contributed by atoms with E-state index in [-0.39, 0.29) is 0 Å². The number of fused-ring (bicyclic) bond motifs is 1. The fourth-order valence-electron chi connectivity index (χ4n) is 2.59. The first kappa shape index (κ1) is 9.91. The number of hydrogen-bond acceptors (Lipinski definition) is 2. The summed E-state index contributed by atoms with van der Waals surface area (Å²) in [7, 11) is 0. The predicted molar refractivity (Wildman–Crippen MR) is 65.7 cm³/mol. The number of piperidine rings is 1. The molecule has 1 saturated heterocycles. The van der Waals surface area contributed by atoms with Gasteiger partial charge in [-0.15, -0.1) is 0 Å². The second-order valence-electron chi connectivity index (χ2n) is 4.76. The molecule has 1 fully saturated rings. The summed E-state index contributed by atoms with van der Waals surface area (Å²) >= 11 is 0. The Morgan fingerprint density at radius 1 is 1.31 bits per heavy atom. The summed E-state index contributed by atoms with van der Waals surface area (Å²) in [5.41, 5.74) is 1.02. The maximum atomic E-state index is 5.93. The van der Waals surface area contributed by atoms with Crippen molar-refractivity contribution in [1.29, 1.82) is 0 Å². The molecular weight excluding hydrogens is 198 g/mol. The number of benzene rings is 1. The minimum Gasteiger partial charge on any atom is -0.461 e. The molecule has 2 nitrogen and oxygen atoms in total. The van der Waals surface area contributed by atoms with E-state index in [1.165, 1.54) is 18.2 Å². The highest BCUT2D eigenvalue weighted by Crippen LogP contribution is 2.31. The minimum atomic E-state index is 0.587. The largest absolute Gasteiger partial charge is 0.461 e. The molecule has 0 spiro atoms. The average molecular weight is 215 g/mol. The molecule has 2 aromatic rings. The first-order valence-corrected chi connectivity index (χ1v) is 6.05. The van der Waals surface area contributed by atoms with Crippen molar-refractivity contribution in [3.8, 4) is 0 Å². The topological polar surface area (TPSA) is 25.2 Å². The van der Waals surface area contributed by atoms with Crippen molar-refractivity contribution in [3.63, 3.8) is 0 Å². The summed E-state index contributed by atoms with van der Waals surface area (Å²) in [4.78, 5) is 0. The summed E-state index contributed by atoms with van der Waals surface area (Å²) in [6.07, 6.45) is 2.37. The van der Waals surface area contributed by atoms with Gasteiger partial charge in [-0.05, 0) is 38.4 Å². The Kier molecular flexibility index (Phi) is 2.44. The third-order valence-corrected chi connectivity index (χ3v) is 3.47. The van der Waals surface area contributed by atoms with E-state index in [1.807, 2.05) is 12.1 Å². The van der Waals surface area contributed by atoms with E-state index < -0.39 is 0 Å². The average Bonchev–Trinajstić information content (AvgIpc) is 2.72. The van der Waals surface area contributed by atoms with E-state index in [0.29, 0.717) is 12.0 Å². The van der Waals surface area contributed by atoms with Crippen LogP contribution in [0, 0.1) is 0 Å². The maximum absolute atomic E-state index is 5.93. The van der Waals surface area contributed by atoms with Gasteiger partial charge in [0.1, 0.15) is 11.3 Å². The molecular formula is C14H17NO. The molecule has 0 bridgehead atoms. The molecule has 1 N–H and O–H groups in total. The van der Waals surface area contributed by atoms with Crippen molar-refractivity contribution in [2.24, 2.45) is 0 Å². The van der Waals surface area contributed by atoms with Gasteiger partial charge >= 0.3 is 0 Å². The second kappa shape index (κ2) is 3.95. The third-order valence-electron chi connectivity index (χ3n) is 3.47. The highest BCUT2D eigenvalue weighted by atomic mass is 16.3. The van der Waals surface area contributed by atoms with Crippen molar-refractivity contribution in [3.05, 3.63) is 36.1 Å². The molecule has 2 heterocycles. The molecule has 3 rings (SSSR count). The molecule has 1 aromatic carbocycles. The SMILES string of the molecule is C[C@@H]1C[C@H](c2cc3ccccc3o2)CCN1. The first-order chi connectivity index (χ1) is 7.83. The molecule has 0 amide bonds. The maximum Gasteiger partial charge on any atom is 0.134 e. The Labute approximate surface area is 95.6 Å². The van der Waals surface area contributed by atoms with Crippen LogP contribution in [0.2, 0.25) is 0 Å². The number of rotatable bonds is 1. The van der Waals surface area contributed by atoms with Gasteiger partial charge in [-0.2, -0.15) is 0 Å². The molecule has 0 aliphatic carbocycles. The van der Waals surface area contributed by atoms with E-state index in [1.54, 1.807) is 0 Å². The van der Waals surface area contributed by atoms with Crippen LogP contribution in [0.25, 0.3) is 11.0 Å². The Bertz CT molecular complexity index is 455.